The number of phenolic OH excluding ortho intramolecular Hbond substituents is 1. The highest BCUT2D eigenvalue weighted by atomic mass is 16.5. The Labute approximate surface area is 213 Å². The molecule has 0 bridgehead atoms. The van der Waals surface area contributed by atoms with Crippen LogP contribution in [0.2, 0.25) is 0 Å². The maximum absolute atomic E-state index is 13.0. The summed E-state index contributed by atoms with van der Waals surface area (Å²) in [5.74, 6) is -1.30. The third-order valence-electron chi connectivity index (χ3n) is 6.30. The summed E-state index contributed by atoms with van der Waals surface area (Å²) < 4.78 is 5.58. The molecule has 3 aromatic carbocycles. The number of aromatic hydroxyl groups is 1. The number of benzene rings is 3. The Bertz CT molecular complexity index is 1320. The van der Waals surface area contributed by atoms with E-state index in [4.69, 9.17) is 10.3 Å². The van der Waals surface area contributed by atoms with Gasteiger partial charge in [-0.2, -0.15) is 4.79 Å². The van der Waals surface area contributed by atoms with Crippen LogP contribution in [0.3, 0.4) is 0 Å². The molecule has 0 radical (unpaired) electrons. The fourth-order valence-corrected chi connectivity index (χ4v) is 4.41. The average Bonchev–Trinajstić information content (AvgIpc) is 3.22. The summed E-state index contributed by atoms with van der Waals surface area (Å²) in [4.78, 5) is 40.4. The second-order valence-corrected chi connectivity index (χ2v) is 8.77. The molecule has 188 valence electrons. The first-order valence-electron chi connectivity index (χ1n) is 11.8. The standard InChI is InChI=1S/C28H26N4O5/c1-17(26(34)15-30-29)31-27(35)25(14-18-10-12-19(33)13-11-18)32-28(36)37-16-24-22-8-4-2-6-20(22)21-7-3-5-9-23(21)24/h2-13,15,17,24-25,33H,14,16H2,1H3,(H,31,35)(H,32,36)/t17-,25+/m1/s1. The van der Waals surface area contributed by atoms with Crippen molar-refractivity contribution in [2.75, 3.05) is 6.61 Å². The summed E-state index contributed by atoms with van der Waals surface area (Å²) in [6.07, 6.45) is 0.00111. The minimum Gasteiger partial charge on any atom is -0.508 e. The van der Waals surface area contributed by atoms with Crippen molar-refractivity contribution >= 4 is 24.0 Å². The molecule has 9 nitrogen and oxygen atoms in total. The number of carbonyl (C=O) groups excluding carboxylic acids is 3. The van der Waals surface area contributed by atoms with Crippen molar-refractivity contribution in [1.29, 1.82) is 0 Å². The SMILES string of the molecule is C[C@@H](NC(=O)[C@H](Cc1ccc(O)cc1)NC(=O)OCC1c2ccccc2-c2ccccc21)C(=O)C=[N+]=[N-]. The van der Waals surface area contributed by atoms with Gasteiger partial charge in [0.05, 0.1) is 6.04 Å². The van der Waals surface area contributed by atoms with Crippen molar-refractivity contribution in [2.24, 2.45) is 0 Å². The third kappa shape index (κ3) is 5.91. The van der Waals surface area contributed by atoms with Crippen LogP contribution in [0.15, 0.2) is 72.8 Å². The van der Waals surface area contributed by atoms with Crippen LogP contribution in [-0.4, -0.2) is 52.6 Å². The Balaban J connectivity index is 1.46. The Morgan fingerprint density at radius 1 is 0.973 bits per heavy atom. The van der Waals surface area contributed by atoms with Crippen molar-refractivity contribution in [3.05, 3.63) is 95.0 Å². The summed E-state index contributed by atoms with van der Waals surface area (Å²) in [5.41, 5.74) is 13.6. The number of carbonyl (C=O) groups is 3. The molecule has 0 saturated heterocycles. The number of phenols is 1. The Hall–Kier alpha value is -4.75. The fraction of sp³-hybridized carbons (Fsp3) is 0.214. The number of amides is 2. The molecule has 4 rings (SSSR count). The summed E-state index contributed by atoms with van der Waals surface area (Å²) in [7, 11) is 0. The van der Waals surface area contributed by atoms with Crippen LogP contribution in [0.5, 0.6) is 5.75 Å². The Morgan fingerprint density at radius 3 is 2.16 bits per heavy atom. The number of alkyl carbamates (subject to hydrolysis) is 1. The monoisotopic (exact) mass is 498 g/mol. The quantitative estimate of drug-likeness (QED) is 0.236. The van der Waals surface area contributed by atoms with Gasteiger partial charge in [-0.25, -0.2) is 4.79 Å². The molecule has 37 heavy (non-hydrogen) atoms. The zero-order valence-corrected chi connectivity index (χ0v) is 20.1. The number of hydrogen-bond acceptors (Lipinski definition) is 5. The molecular weight excluding hydrogens is 472 g/mol. The van der Waals surface area contributed by atoms with E-state index < -0.39 is 29.9 Å². The predicted octanol–water partition coefficient (Wildman–Crippen LogP) is 3.22. The number of ether oxygens (including phenoxy) is 1. The van der Waals surface area contributed by atoms with Crippen molar-refractivity contribution < 1.29 is 29.0 Å². The molecule has 9 heteroatoms. The Morgan fingerprint density at radius 2 is 1.57 bits per heavy atom. The van der Waals surface area contributed by atoms with Crippen LogP contribution in [0.25, 0.3) is 16.7 Å². The lowest BCUT2D eigenvalue weighted by atomic mass is 9.98. The number of Topliss-reactive ketones (excluding diaryl/α,β-unsaturated/α-hetero) is 1. The smallest absolute Gasteiger partial charge is 0.407 e. The second kappa shape index (κ2) is 11.3. The van der Waals surface area contributed by atoms with Crippen molar-refractivity contribution in [2.45, 2.75) is 31.3 Å². The highest BCUT2D eigenvalue weighted by Gasteiger charge is 2.30. The second-order valence-electron chi connectivity index (χ2n) is 8.77. The van der Waals surface area contributed by atoms with E-state index in [0.29, 0.717) is 11.8 Å². The zero-order valence-electron chi connectivity index (χ0n) is 20.1. The molecule has 2 atom stereocenters. The van der Waals surface area contributed by atoms with E-state index in [1.54, 1.807) is 12.1 Å². The Kier molecular flexibility index (Phi) is 7.76. The van der Waals surface area contributed by atoms with Gasteiger partial charge in [-0.1, -0.05) is 60.7 Å². The van der Waals surface area contributed by atoms with Crippen LogP contribution < -0.4 is 10.6 Å². The molecule has 3 N–H and O–H groups in total. The molecule has 0 aromatic heterocycles. The van der Waals surface area contributed by atoms with Crippen LogP contribution >= 0.6 is 0 Å². The lowest BCUT2D eigenvalue weighted by molar-refractivity contribution is -0.127. The zero-order chi connectivity index (χ0) is 26.4. The lowest BCUT2D eigenvalue weighted by Gasteiger charge is -2.21. The van der Waals surface area contributed by atoms with Gasteiger partial charge in [-0.3, -0.25) is 9.59 Å². The first-order valence-corrected chi connectivity index (χ1v) is 11.8. The van der Waals surface area contributed by atoms with Crippen molar-refractivity contribution in [3.63, 3.8) is 0 Å². The predicted molar refractivity (Wildman–Crippen MR) is 136 cm³/mol. The van der Waals surface area contributed by atoms with E-state index in [1.165, 1.54) is 19.1 Å². The van der Waals surface area contributed by atoms with Crippen LogP contribution in [0, 0.1) is 0 Å². The van der Waals surface area contributed by atoms with E-state index in [-0.39, 0.29) is 24.7 Å². The minimum absolute atomic E-state index is 0.0664. The van der Waals surface area contributed by atoms with Crippen molar-refractivity contribution in [3.8, 4) is 16.9 Å². The summed E-state index contributed by atoms with van der Waals surface area (Å²) in [5, 5.41) is 14.7. The van der Waals surface area contributed by atoms with Gasteiger partial charge in [-0.15, -0.1) is 0 Å². The van der Waals surface area contributed by atoms with E-state index in [0.717, 1.165) is 22.3 Å². The van der Waals surface area contributed by atoms with Crippen LogP contribution in [-0.2, 0) is 20.7 Å². The summed E-state index contributed by atoms with van der Waals surface area (Å²) in [6.45, 7) is 1.52. The van der Waals surface area contributed by atoms with Gasteiger partial charge in [0.2, 0.25) is 5.91 Å². The number of rotatable bonds is 9. The molecule has 1 aliphatic rings. The minimum atomic E-state index is -1.07. The van der Waals surface area contributed by atoms with Gasteiger partial charge < -0.3 is 26.0 Å². The molecule has 0 unspecified atom stereocenters. The number of nitrogens with one attached hydrogen (secondary N) is 2. The van der Waals surface area contributed by atoms with Crippen LogP contribution in [0.1, 0.15) is 29.5 Å². The molecule has 0 saturated carbocycles. The van der Waals surface area contributed by atoms with Gasteiger partial charge >= 0.3 is 12.3 Å². The number of ketones is 1. The van der Waals surface area contributed by atoms with E-state index in [1.807, 2.05) is 48.5 Å². The van der Waals surface area contributed by atoms with Crippen LogP contribution in [0.4, 0.5) is 4.79 Å². The van der Waals surface area contributed by atoms with E-state index >= 15 is 0 Å². The fourth-order valence-electron chi connectivity index (χ4n) is 4.41. The van der Waals surface area contributed by atoms with Gasteiger partial charge in [0.15, 0.2) is 0 Å². The first kappa shape index (κ1) is 25.3. The van der Waals surface area contributed by atoms with E-state index in [2.05, 4.69) is 15.4 Å². The van der Waals surface area contributed by atoms with Crippen molar-refractivity contribution in [1.82, 2.24) is 10.6 Å². The highest BCUT2D eigenvalue weighted by molar-refractivity contribution is 6.28. The number of nitrogens with zero attached hydrogens (tertiary/aromatic N) is 2. The third-order valence-corrected chi connectivity index (χ3v) is 6.30. The van der Waals surface area contributed by atoms with Gasteiger partial charge in [0.1, 0.15) is 18.4 Å². The normalized spacial score (nSPS) is 13.3. The number of fused-ring (bicyclic) bond motifs is 3. The maximum atomic E-state index is 13.0. The van der Waals surface area contributed by atoms with E-state index in [9.17, 15) is 19.5 Å². The first-order chi connectivity index (χ1) is 17.9. The summed E-state index contributed by atoms with van der Waals surface area (Å²) >= 11 is 0. The highest BCUT2D eigenvalue weighted by Crippen LogP contribution is 2.44. The number of hydrogen-bond donors (Lipinski definition) is 3. The lowest BCUT2D eigenvalue weighted by Crippen LogP contribution is -2.52. The average molecular weight is 499 g/mol. The molecule has 0 fully saturated rings. The molecular formula is C28H26N4O5. The molecule has 0 heterocycles. The maximum Gasteiger partial charge on any atom is 0.407 e. The topological polar surface area (TPSA) is 141 Å². The largest absolute Gasteiger partial charge is 0.508 e. The van der Waals surface area contributed by atoms with Gasteiger partial charge in [-0.05, 0) is 46.9 Å². The molecule has 1 aliphatic carbocycles. The summed E-state index contributed by atoms with van der Waals surface area (Å²) in [6, 6.07) is 20.1. The van der Waals surface area contributed by atoms with Gasteiger partial charge in [0, 0.05) is 12.3 Å². The molecule has 0 spiro atoms. The molecule has 0 aliphatic heterocycles. The molecule has 3 aromatic rings. The molecule has 2 amide bonds. The van der Waals surface area contributed by atoms with Gasteiger partial charge in [0.25, 0.3) is 5.78 Å².